The summed E-state index contributed by atoms with van der Waals surface area (Å²) in [5, 5.41) is 9.63. The maximum absolute atomic E-state index is 5.91. The Kier molecular flexibility index (Phi) is 4.39. The van der Waals surface area contributed by atoms with Gasteiger partial charge in [0.15, 0.2) is 5.96 Å². The molecule has 3 unspecified atom stereocenters. The molecule has 2 aromatic rings. The molecule has 2 fully saturated rings. The van der Waals surface area contributed by atoms with E-state index in [-0.39, 0.29) is 0 Å². The molecular formula is C20H25N3O. The molecule has 126 valence electrons. The van der Waals surface area contributed by atoms with Crippen LogP contribution < -0.4 is 10.6 Å². The number of fused-ring (bicyclic) bond motifs is 3. The molecule has 3 atom stereocenters. The number of nitrogens with one attached hydrogen (secondary N) is 2. The first-order chi connectivity index (χ1) is 11.8. The SMILES string of the molecule is CN=C(NCCc1cccc2ccccc12)NC1CC2CCC1O2. The van der Waals surface area contributed by atoms with Crippen LogP contribution in [0.1, 0.15) is 24.8 Å². The number of aliphatic imine (C=N–C) groups is 1. The molecule has 2 aliphatic rings. The van der Waals surface area contributed by atoms with Crippen LogP contribution in [0, 0.1) is 0 Å². The van der Waals surface area contributed by atoms with Gasteiger partial charge < -0.3 is 15.4 Å². The minimum atomic E-state index is 0.367. The summed E-state index contributed by atoms with van der Waals surface area (Å²) in [7, 11) is 1.83. The van der Waals surface area contributed by atoms with Crippen LogP contribution in [0.25, 0.3) is 10.8 Å². The Labute approximate surface area is 143 Å². The Balaban J connectivity index is 1.34. The van der Waals surface area contributed by atoms with Crippen molar-refractivity contribution in [2.45, 2.75) is 43.9 Å². The third-order valence-electron chi connectivity index (χ3n) is 5.22. The molecule has 4 heteroatoms. The van der Waals surface area contributed by atoms with Crippen LogP contribution in [-0.4, -0.2) is 37.8 Å². The number of nitrogens with zero attached hydrogens (tertiary/aromatic N) is 1. The Hall–Kier alpha value is -2.07. The van der Waals surface area contributed by atoms with Gasteiger partial charge in [0.1, 0.15) is 0 Å². The van der Waals surface area contributed by atoms with Crippen LogP contribution in [0.4, 0.5) is 0 Å². The summed E-state index contributed by atoms with van der Waals surface area (Å²) >= 11 is 0. The first-order valence-corrected chi connectivity index (χ1v) is 8.93. The quantitative estimate of drug-likeness (QED) is 0.672. The zero-order chi connectivity index (χ0) is 16.4. The summed E-state index contributed by atoms with van der Waals surface area (Å²) < 4.78 is 5.91. The lowest BCUT2D eigenvalue weighted by molar-refractivity contribution is 0.0992. The summed E-state index contributed by atoms with van der Waals surface area (Å²) in [5.74, 6) is 0.886. The lowest BCUT2D eigenvalue weighted by Crippen LogP contribution is -2.47. The third-order valence-corrected chi connectivity index (χ3v) is 5.22. The van der Waals surface area contributed by atoms with E-state index >= 15 is 0 Å². The van der Waals surface area contributed by atoms with E-state index in [0.717, 1.165) is 25.3 Å². The van der Waals surface area contributed by atoms with Gasteiger partial charge in [0.05, 0.1) is 18.2 Å². The molecule has 2 N–H and O–H groups in total. The van der Waals surface area contributed by atoms with E-state index in [1.165, 1.54) is 29.2 Å². The second-order valence-corrected chi connectivity index (χ2v) is 6.75. The van der Waals surface area contributed by atoms with Gasteiger partial charge in [-0.3, -0.25) is 4.99 Å². The maximum atomic E-state index is 5.91. The average Bonchev–Trinajstić information content (AvgIpc) is 3.24. The van der Waals surface area contributed by atoms with Gasteiger partial charge >= 0.3 is 0 Å². The number of ether oxygens (including phenoxy) is 1. The highest BCUT2D eigenvalue weighted by Crippen LogP contribution is 2.34. The molecule has 0 aliphatic carbocycles. The highest BCUT2D eigenvalue weighted by Gasteiger charge is 2.41. The molecule has 2 aromatic carbocycles. The fraction of sp³-hybridized carbons (Fsp3) is 0.450. The number of hydrogen-bond donors (Lipinski definition) is 2. The van der Waals surface area contributed by atoms with Gasteiger partial charge in [0.25, 0.3) is 0 Å². The van der Waals surface area contributed by atoms with Crippen LogP contribution in [0.3, 0.4) is 0 Å². The Morgan fingerprint density at radius 3 is 2.83 bits per heavy atom. The summed E-state index contributed by atoms with van der Waals surface area (Å²) in [6, 6.07) is 15.5. The van der Waals surface area contributed by atoms with Crippen molar-refractivity contribution in [2.24, 2.45) is 4.99 Å². The van der Waals surface area contributed by atoms with Crippen molar-refractivity contribution in [3.05, 3.63) is 48.0 Å². The summed E-state index contributed by atoms with van der Waals surface area (Å²) in [6.45, 7) is 0.870. The predicted molar refractivity (Wildman–Crippen MR) is 98.4 cm³/mol. The molecule has 0 aromatic heterocycles. The number of hydrogen-bond acceptors (Lipinski definition) is 2. The van der Waals surface area contributed by atoms with Gasteiger partial charge in [-0.2, -0.15) is 0 Å². The van der Waals surface area contributed by atoms with Crippen molar-refractivity contribution in [3.63, 3.8) is 0 Å². The van der Waals surface area contributed by atoms with Crippen molar-refractivity contribution in [2.75, 3.05) is 13.6 Å². The molecule has 4 nitrogen and oxygen atoms in total. The summed E-state index contributed by atoms with van der Waals surface area (Å²) in [6.07, 6.45) is 5.31. The fourth-order valence-corrected chi connectivity index (χ4v) is 3.99. The van der Waals surface area contributed by atoms with Crippen LogP contribution >= 0.6 is 0 Å². The summed E-state index contributed by atoms with van der Waals surface area (Å²) in [5.41, 5.74) is 1.37. The Bertz CT molecular complexity index is 737. The van der Waals surface area contributed by atoms with Gasteiger partial charge in [0, 0.05) is 13.6 Å². The number of rotatable bonds is 4. The number of guanidine groups is 1. The molecule has 0 saturated carbocycles. The second kappa shape index (κ2) is 6.81. The van der Waals surface area contributed by atoms with Crippen LogP contribution in [0.5, 0.6) is 0 Å². The van der Waals surface area contributed by atoms with Gasteiger partial charge in [0.2, 0.25) is 0 Å². The average molecular weight is 323 g/mol. The molecule has 2 aliphatic heterocycles. The van der Waals surface area contributed by atoms with Crippen LogP contribution in [0.15, 0.2) is 47.5 Å². The lowest BCUT2D eigenvalue weighted by atomic mass is 9.96. The first kappa shape index (κ1) is 15.5. The van der Waals surface area contributed by atoms with Crippen molar-refractivity contribution < 1.29 is 4.74 Å². The topological polar surface area (TPSA) is 45.7 Å². The molecular weight excluding hydrogens is 298 g/mol. The lowest BCUT2D eigenvalue weighted by Gasteiger charge is -2.22. The summed E-state index contributed by atoms with van der Waals surface area (Å²) in [4.78, 5) is 4.37. The standard InChI is InChI=1S/C20H25N3O/c1-21-20(23-18-13-16-9-10-19(18)24-16)22-12-11-15-7-4-6-14-5-2-3-8-17(14)15/h2-8,16,18-19H,9-13H2,1H3,(H2,21,22,23). The van der Waals surface area contributed by atoms with Crippen LogP contribution in [-0.2, 0) is 11.2 Å². The zero-order valence-electron chi connectivity index (χ0n) is 14.2. The minimum absolute atomic E-state index is 0.367. The normalized spacial score (nSPS) is 26.0. The van der Waals surface area contributed by atoms with Crippen molar-refractivity contribution in [1.29, 1.82) is 0 Å². The van der Waals surface area contributed by atoms with E-state index in [9.17, 15) is 0 Å². The van der Waals surface area contributed by atoms with E-state index in [2.05, 4.69) is 58.1 Å². The monoisotopic (exact) mass is 323 g/mol. The van der Waals surface area contributed by atoms with E-state index in [0.29, 0.717) is 18.2 Å². The van der Waals surface area contributed by atoms with Gasteiger partial charge in [-0.1, -0.05) is 42.5 Å². The van der Waals surface area contributed by atoms with Crippen molar-refractivity contribution >= 4 is 16.7 Å². The third kappa shape index (κ3) is 3.11. The smallest absolute Gasteiger partial charge is 0.191 e. The first-order valence-electron chi connectivity index (χ1n) is 8.93. The molecule has 2 bridgehead atoms. The van der Waals surface area contributed by atoms with E-state index in [1.807, 2.05) is 7.05 Å². The molecule has 2 heterocycles. The predicted octanol–water partition coefficient (Wildman–Crippen LogP) is 2.87. The van der Waals surface area contributed by atoms with E-state index in [1.54, 1.807) is 0 Å². The fourth-order valence-electron chi connectivity index (χ4n) is 3.99. The highest BCUT2D eigenvalue weighted by atomic mass is 16.5. The van der Waals surface area contributed by atoms with Crippen molar-refractivity contribution in [3.8, 4) is 0 Å². The maximum Gasteiger partial charge on any atom is 0.191 e. The van der Waals surface area contributed by atoms with Gasteiger partial charge in [-0.05, 0) is 42.0 Å². The zero-order valence-corrected chi connectivity index (χ0v) is 14.2. The van der Waals surface area contributed by atoms with Crippen LogP contribution in [0.2, 0.25) is 0 Å². The number of benzene rings is 2. The van der Waals surface area contributed by atoms with Gasteiger partial charge in [-0.15, -0.1) is 0 Å². The molecule has 4 rings (SSSR count). The minimum Gasteiger partial charge on any atom is -0.373 e. The molecule has 0 amide bonds. The second-order valence-electron chi connectivity index (χ2n) is 6.75. The van der Waals surface area contributed by atoms with E-state index < -0.39 is 0 Å². The van der Waals surface area contributed by atoms with E-state index in [4.69, 9.17) is 4.74 Å². The molecule has 0 radical (unpaired) electrons. The highest BCUT2D eigenvalue weighted by molar-refractivity contribution is 5.85. The van der Waals surface area contributed by atoms with Gasteiger partial charge in [-0.25, -0.2) is 0 Å². The Morgan fingerprint density at radius 1 is 1.17 bits per heavy atom. The largest absolute Gasteiger partial charge is 0.373 e. The molecule has 24 heavy (non-hydrogen) atoms. The van der Waals surface area contributed by atoms with Crippen molar-refractivity contribution in [1.82, 2.24) is 10.6 Å². The molecule has 2 saturated heterocycles. The Morgan fingerprint density at radius 2 is 2.04 bits per heavy atom. The molecule has 0 spiro atoms.